The number of likely N-dealkylation sites (tertiary alicyclic amines) is 1. The van der Waals surface area contributed by atoms with Crippen LogP contribution in [0.4, 0.5) is 13.2 Å². The Hall–Kier alpha value is -3.37. The average Bonchev–Trinajstić information content (AvgIpc) is 3.21. The first-order valence-electron chi connectivity index (χ1n) is 12.0. The maximum Gasteiger partial charge on any atom is 0.419 e. The smallest absolute Gasteiger partial charge is 0.419 e. The van der Waals surface area contributed by atoms with E-state index in [2.05, 4.69) is 9.88 Å². The molecule has 6 nitrogen and oxygen atoms in total. The van der Waals surface area contributed by atoms with Gasteiger partial charge >= 0.3 is 6.18 Å². The average molecular weight is 530 g/mol. The van der Waals surface area contributed by atoms with Gasteiger partial charge in [-0.2, -0.15) is 13.2 Å². The molecular formula is C27H26F3N3O3S. The van der Waals surface area contributed by atoms with E-state index < -0.39 is 21.6 Å². The summed E-state index contributed by atoms with van der Waals surface area (Å²) >= 11 is 0. The van der Waals surface area contributed by atoms with E-state index in [9.17, 15) is 21.6 Å². The highest BCUT2D eigenvalue weighted by Crippen LogP contribution is 2.37. The fraction of sp³-hybridized carbons (Fsp3) is 0.296. The van der Waals surface area contributed by atoms with Gasteiger partial charge < -0.3 is 4.74 Å². The third-order valence-electron chi connectivity index (χ3n) is 6.43. The van der Waals surface area contributed by atoms with Crippen LogP contribution in [0.1, 0.15) is 30.5 Å². The number of hydrogen-bond donors (Lipinski definition) is 0. The lowest BCUT2D eigenvalue weighted by Gasteiger charge is -2.26. The van der Waals surface area contributed by atoms with E-state index in [0.29, 0.717) is 35.0 Å². The van der Waals surface area contributed by atoms with Gasteiger partial charge in [0.05, 0.1) is 21.8 Å². The van der Waals surface area contributed by atoms with Gasteiger partial charge in [0.1, 0.15) is 17.1 Å². The molecule has 0 unspecified atom stereocenters. The second kappa shape index (κ2) is 9.83. The van der Waals surface area contributed by atoms with Crippen molar-refractivity contribution in [2.45, 2.75) is 36.9 Å². The van der Waals surface area contributed by atoms with Crippen LogP contribution in [0, 0.1) is 0 Å². The zero-order valence-electron chi connectivity index (χ0n) is 20.2. The lowest BCUT2D eigenvalue weighted by molar-refractivity contribution is -0.136. The fourth-order valence-corrected chi connectivity index (χ4v) is 5.35. The minimum atomic E-state index is -4.54. The number of benzene rings is 2. The molecule has 0 spiro atoms. The molecule has 3 heterocycles. The van der Waals surface area contributed by atoms with Gasteiger partial charge in [0.15, 0.2) is 9.84 Å². The molecule has 1 saturated heterocycles. The van der Waals surface area contributed by atoms with E-state index in [0.717, 1.165) is 44.7 Å². The van der Waals surface area contributed by atoms with E-state index >= 15 is 0 Å². The number of piperidine rings is 1. The van der Waals surface area contributed by atoms with Crippen molar-refractivity contribution in [1.29, 1.82) is 0 Å². The number of sulfone groups is 1. The maximum atomic E-state index is 13.8. The predicted molar refractivity (Wildman–Crippen MR) is 134 cm³/mol. The van der Waals surface area contributed by atoms with E-state index in [1.165, 1.54) is 22.6 Å². The Morgan fingerprint density at radius 1 is 0.946 bits per heavy atom. The Balaban J connectivity index is 1.58. The van der Waals surface area contributed by atoms with Crippen molar-refractivity contribution in [2.24, 2.45) is 0 Å². The Bertz CT molecular complexity index is 1540. The first kappa shape index (κ1) is 25.3. The standard InChI is InChI=1S/C27H26F3N3O3S/c1-37(34,35)22-11-6-10-21(17-22)36-20-9-5-8-19(16-20)25-24(18-32-13-3-2-4-14-32)31-26-23(27(28,29)30)12-7-15-33(25)26/h5-12,15-17H,2-4,13-14,18H2,1H3. The van der Waals surface area contributed by atoms with Gasteiger partial charge in [-0.15, -0.1) is 0 Å². The molecule has 1 fully saturated rings. The van der Waals surface area contributed by atoms with Gasteiger partial charge in [-0.3, -0.25) is 9.30 Å². The number of nitrogens with zero attached hydrogens (tertiary/aromatic N) is 3. The van der Waals surface area contributed by atoms with Gasteiger partial charge in [-0.05, 0) is 68.4 Å². The van der Waals surface area contributed by atoms with Crippen LogP contribution < -0.4 is 4.74 Å². The first-order valence-corrected chi connectivity index (χ1v) is 13.9. The zero-order chi connectivity index (χ0) is 26.2. The van der Waals surface area contributed by atoms with Crippen molar-refractivity contribution in [3.05, 3.63) is 78.1 Å². The molecule has 10 heteroatoms. The largest absolute Gasteiger partial charge is 0.457 e. The van der Waals surface area contributed by atoms with Crippen LogP contribution >= 0.6 is 0 Å². The van der Waals surface area contributed by atoms with Crippen molar-refractivity contribution in [2.75, 3.05) is 19.3 Å². The van der Waals surface area contributed by atoms with Gasteiger partial charge in [-0.25, -0.2) is 13.4 Å². The van der Waals surface area contributed by atoms with Gasteiger partial charge in [0, 0.05) is 24.6 Å². The molecule has 0 saturated carbocycles. The van der Waals surface area contributed by atoms with Crippen molar-refractivity contribution < 1.29 is 26.3 Å². The number of pyridine rings is 1. The summed E-state index contributed by atoms with van der Waals surface area (Å²) in [7, 11) is -3.41. The number of rotatable bonds is 6. The summed E-state index contributed by atoms with van der Waals surface area (Å²) in [5, 5.41) is 0. The zero-order valence-corrected chi connectivity index (χ0v) is 21.0. The molecule has 37 heavy (non-hydrogen) atoms. The van der Waals surface area contributed by atoms with E-state index in [1.807, 2.05) is 6.07 Å². The summed E-state index contributed by atoms with van der Waals surface area (Å²) in [6.07, 6.45) is 1.42. The normalized spacial score (nSPS) is 15.2. The molecule has 5 rings (SSSR count). The van der Waals surface area contributed by atoms with E-state index in [1.54, 1.807) is 36.5 Å². The van der Waals surface area contributed by atoms with Gasteiger partial charge in [0.25, 0.3) is 0 Å². The lowest BCUT2D eigenvalue weighted by atomic mass is 10.1. The molecular weight excluding hydrogens is 503 g/mol. The Morgan fingerprint density at radius 2 is 1.65 bits per heavy atom. The third-order valence-corrected chi connectivity index (χ3v) is 7.54. The van der Waals surface area contributed by atoms with Crippen LogP contribution in [0.25, 0.3) is 16.9 Å². The lowest BCUT2D eigenvalue weighted by Crippen LogP contribution is -2.29. The molecule has 2 aromatic carbocycles. The predicted octanol–water partition coefficient (Wildman–Crippen LogP) is 6.20. The fourth-order valence-electron chi connectivity index (χ4n) is 4.69. The van der Waals surface area contributed by atoms with Crippen molar-refractivity contribution in [3.8, 4) is 22.8 Å². The molecule has 0 N–H and O–H groups in total. The minimum Gasteiger partial charge on any atom is -0.457 e. The van der Waals surface area contributed by atoms with Crippen molar-refractivity contribution in [3.63, 3.8) is 0 Å². The number of halogens is 3. The van der Waals surface area contributed by atoms with Crippen LogP contribution in [-0.4, -0.2) is 42.0 Å². The summed E-state index contributed by atoms with van der Waals surface area (Å²) in [6.45, 7) is 2.19. The highest BCUT2D eigenvalue weighted by molar-refractivity contribution is 7.90. The second-order valence-electron chi connectivity index (χ2n) is 9.23. The van der Waals surface area contributed by atoms with Crippen LogP contribution in [-0.2, 0) is 22.6 Å². The highest BCUT2D eigenvalue weighted by atomic mass is 32.2. The van der Waals surface area contributed by atoms with Crippen LogP contribution in [0.5, 0.6) is 11.5 Å². The SMILES string of the molecule is CS(=O)(=O)c1cccc(Oc2cccc(-c3c(CN4CCCCC4)nc4c(C(F)(F)F)cccn34)c2)c1. The molecule has 1 aliphatic rings. The van der Waals surface area contributed by atoms with Gasteiger partial charge in [0.2, 0.25) is 0 Å². The minimum absolute atomic E-state index is 0.131. The number of imidazole rings is 1. The van der Waals surface area contributed by atoms with Crippen molar-refractivity contribution in [1.82, 2.24) is 14.3 Å². The number of ether oxygens (including phenoxy) is 1. The maximum absolute atomic E-state index is 13.8. The molecule has 4 aromatic rings. The summed E-state index contributed by atoms with van der Waals surface area (Å²) in [6, 6.07) is 15.6. The van der Waals surface area contributed by atoms with Crippen molar-refractivity contribution >= 4 is 15.5 Å². The Labute approximate surface area is 213 Å². The molecule has 0 bridgehead atoms. The molecule has 0 aliphatic carbocycles. The molecule has 194 valence electrons. The number of fused-ring (bicyclic) bond motifs is 1. The highest BCUT2D eigenvalue weighted by Gasteiger charge is 2.35. The summed E-state index contributed by atoms with van der Waals surface area (Å²) in [5.41, 5.74) is 0.864. The quantitative estimate of drug-likeness (QED) is 0.298. The number of aromatic nitrogens is 2. The third kappa shape index (κ3) is 5.50. The number of alkyl halides is 3. The molecule has 0 atom stereocenters. The van der Waals surface area contributed by atoms with Gasteiger partial charge in [-0.1, -0.05) is 24.6 Å². The summed E-state index contributed by atoms with van der Waals surface area (Å²) in [4.78, 5) is 6.85. The second-order valence-corrected chi connectivity index (χ2v) is 11.2. The van der Waals surface area contributed by atoms with E-state index in [4.69, 9.17) is 4.74 Å². The first-order chi connectivity index (χ1) is 17.6. The molecule has 1 aliphatic heterocycles. The van der Waals surface area contributed by atoms with Crippen LogP contribution in [0.15, 0.2) is 71.8 Å². The van der Waals surface area contributed by atoms with E-state index in [-0.39, 0.29) is 10.5 Å². The monoisotopic (exact) mass is 529 g/mol. The molecule has 0 radical (unpaired) electrons. The van der Waals surface area contributed by atoms with Crippen LogP contribution in [0.3, 0.4) is 0 Å². The summed E-state index contributed by atoms with van der Waals surface area (Å²) in [5.74, 6) is 0.764. The Morgan fingerprint density at radius 3 is 2.35 bits per heavy atom. The summed E-state index contributed by atoms with van der Waals surface area (Å²) < 4.78 is 72.7. The van der Waals surface area contributed by atoms with Crippen LogP contribution in [0.2, 0.25) is 0 Å². The number of hydrogen-bond acceptors (Lipinski definition) is 5. The molecule has 2 aromatic heterocycles. The Kier molecular flexibility index (Phi) is 6.72. The molecule has 0 amide bonds. The topological polar surface area (TPSA) is 63.9 Å².